The zero-order chi connectivity index (χ0) is 10.7. The van der Waals surface area contributed by atoms with E-state index in [1.54, 1.807) is 13.8 Å². The fourth-order valence-electron chi connectivity index (χ4n) is 0.921. The van der Waals surface area contributed by atoms with Crippen molar-refractivity contribution in [3.8, 4) is 0 Å². The van der Waals surface area contributed by atoms with Crippen molar-refractivity contribution in [1.29, 1.82) is 0 Å². The van der Waals surface area contributed by atoms with Gasteiger partial charge in [0.15, 0.2) is 11.6 Å². The van der Waals surface area contributed by atoms with Crippen molar-refractivity contribution in [2.75, 3.05) is 0 Å². The fourth-order valence-corrected chi connectivity index (χ4v) is 0.921. The second-order valence-electron chi connectivity index (χ2n) is 3.68. The van der Waals surface area contributed by atoms with Crippen LogP contribution in [0.4, 0.5) is 0 Å². The molecule has 4 heteroatoms. The van der Waals surface area contributed by atoms with Gasteiger partial charge in [0.05, 0.1) is 6.10 Å². The van der Waals surface area contributed by atoms with Gasteiger partial charge in [-0.25, -0.2) is 9.78 Å². The summed E-state index contributed by atoms with van der Waals surface area (Å²) in [7, 11) is 0. The van der Waals surface area contributed by atoms with E-state index < -0.39 is 5.97 Å². The van der Waals surface area contributed by atoms with Gasteiger partial charge in [0.25, 0.3) is 0 Å². The fraction of sp³-hybridized carbons (Fsp3) is 0.600. The maximum atomic E-state index is 11.3. The predicted molar refractivity (Wildman–Crippen MR) is 51.1 cm³/mol. The van der Waals surface area contributed by atoms with E-state index in [1.807, 2.05) is 13.8 Å². The van der Waals surface area contributed by atoms with Crippen molar-refractivity contribution < 1.29 is 13.9 Å². The van der Waals surface area contributed by atoms with Crippen molar-refractivity contribution in [3.63, 3.8) is 0 Å². The van der Waals surface area contributed by atoms with Crippen molar-refractivity contribution >= 4 is 5.97 Å². The van der Waals surface area contributed by atoms with Gasteiger partial charge in [-0.3, -0.25) is 0 Å². The molecule has 0 atom stereocenters. The largest absolute Gasteiger partial charge is 0.458 e. The van der Waals surface area contributed by atoms with Crippen LogP contribution in [-0.4, -0.2) is 17.1 Å². The number of oxazole rings is 1. The first-order valence-corrected chi connectivity index (χ1v) is 4.67. The van der Waals surface area contributed by atoms with Crippen LogP contribution in [0, 0.1) is 0 Å². The van der Waals surface area contributed by atoms with Gasteiger partial charge in [-0.15, -0.1) is 0 Å². The molecule has 4 nitrogen and oxygen atoms in total. The minimum Gasteiger partial charge on any atom is -0.458 e. The lowest BCUT2D eigenvalue weighted by Gasteiger charge is -2.04. The summed E-state index contributed by atoms with van der Waals surface area (Å²) < 4.78 is 10.1. The Labute approximate surface area is 83.3 Å². The molecule has 0 saturated heterocycles. The lowest BCUT2D eigenvalue weighted by Crippen LogP contribution is -2.12. The van der Waals surface area contributed by atoms with Crippen LogP contribution in [0.25, 0.3) is 0 Å². The average molecular weight is 197 g/mol. The molecule has 14 heavy (non-hydrogen) atoms. The monoisotopic (exact) mass is 197 g/mol. The lowest BCUT2D eigenvalue weighted by molar-refractivity contribution is 0.0371. The predicted octanol–water partition coefficient (Wildman–Crippen LogP) is 2.36. The van der Waals surface area contributed by atoms with Gasteiger partial charge in [0.2, 0.25) is 0 Å². The SMILES string of the molecule is CC(C)OC(=O)c1coc(C(C)C)n1. The number of rotatable bonds is 3. The Bertz CT molecular complexity index is 315. The molecular weight excluding hydrogens is 182 g/mol. The number of nitrogens with zero attached hydrogens (tertiary/aromatic N) is 1. The molecule has 78 valence electrons. The van der Waals surface area contributed by atoms with E-state index >= 15 is 0 Å². The number of hydrogen-bond donors (Lipinski definition) is 0. The molecule has 0 radical (unpaired) electrons. The topological polar surface area (TPSA) is 52.3 Å². The Morgan fingerprint density at radius 2 is 2.07 bits per heavy atom. The second-order valence-corrected chi connectivity index (χ2v) is 3.68. The smallest absolute Gasteiger partial charge is 0.360 e. The Kier molecular flexibility index (Phi) is 3.28. The van der Waals surface area contributed by atoms with Gasteiger partial charge >= 0.3 is 5.97 Å². The van der Waals surface area contributed by atoms with E-state index in [-0.39, 0.29) is 17.7 Å². The Morgan fingerprint density at radius 3 is 2.50 bits per heavy atom. The zero-order valence-electron chi connectivity index (χ0n) is 8.90. The molecule has 0 unspecified atom stereocenters. The molecule has 0 N–H and O–H groups in total. The number of carbonyl (C=O) groups is 1. The van der Waals surface area contributed by atoms with E-state index in [4.69, 9.17) is 9.15 Å². The van der Waals surface area contributed by atoms with E-state index in [2.05, 4.69) is 4.98 Å². The highest BCUT2D eigenvalue weighted by molar-refractivity contribution is 5.86. The van der Waals surface area contributed by atoms with Crippen LogP contribution in [-0.2, 0) is 4.74 Å². The van der Waals surface area contributed by atoms with Gasteiger partial charge in [-0.1, -0.05) is 13.8 Å². The van der Waals surface area contributed by atoms with Crippen LogP contribution < -0.4 is 0 Å². The average Bonchev–Trinajstić information content (AvgIpc) is 2.50. The number of hydrogen-bond acceptors (Lipinski definition) is 4. The summed E-state index contributed by atoms with van der Waals surface area (Å²) in [6, 6.07) is 0. The number of esters is 1. The molecule has 0 amide bonds. The van der Waals surface area contributed by atoms with Crippen molar-refractivity contribution in [1.82, 2.24) is 4.98 Å². The Hall–Kier alpha value is -1.32. The maximum Gasteiger partial charge on any atom is 0.360 e. The highest BCUT2D eigenvalue weighted by Crippen LogP contribution is 2.13. The third-order valence-corrected chi connectivity index (χ3v) is 1.57. The summed E-state index contributed by atoms with van der Waals surface area (Å²) in [6.45, 7) is 7.48. The molecule has 0 aliphatic heterocycles. The summed E-state index contributed by atoms with van der Waals surface area (Å²) >= 11 is 0. The molecular formula is C10H15NO3. The maximum absolute atomic E-state index is 11.3. The molecule has 0 aliphatic rings. The first kappa shape index (κ1) is 10.8. The molecule has 0 aliphatic carbocycles. The lowest BCUT2D eigenvalue weighted by atomic mass is 10.2. The highest BCUT2D eigenvalue weighted by Gasteiger charge is 2.16. The van der Waals surface area contributed by atoms with Gasteiger partial charge < -0.3 is 9.15 Å². The minimum atomic E-state index is -0.435. The van der Waals surface area contributed by atoms with Crippen LogP contribution in [0.5, 0.6) is 0 Å². The number of ether oxygens (including phenoxy) is 1. The first-order valence-electron chi connectivity index (χ1n) is 4.67. The quantitative estimate of drug-likeness (QED) is 0.698. The van der Waals surface area contributed by atoms with Crippen molar-refractivity contribution in [2.24, 2.45) is 0 Å². The standard InChI is InChI=1S/C10H15NO3/c1-6(2)9-11-8(5-13-9)10(12)14-7(3)4/h5-7H,1-4H3. The molecule has 1 aromatic rings. The van der Waals surface area contributed by atoms with Gasteiger partial charge in [0.1, 0.15) is 6.26 Å². The number of aromatic nitrogens is 1. The Morgan fingerprint density at radius 1 is 1.43 bits per heavy atom. The van der Waals surface area contributed by atoms with Crippen LogP contribution >= 0.6 is 0 Å². The molecule has 0 spiro atoms. The second kappa shape index (κ2) is 4.26. The summed E-state index contributed by atoms with van der Waals surface area (Å²) in [6.07, 6.45) is 1.20. The third-order valence-electron chi connectivity index (χ3n) is 1.57. The normalized spacial score (nSPS) is 11.0. The third kappa shape index (κ3) is 2.58. The van der Waals surface area contributed by atoms with Crippen molar-refractivity contribution in [3.05, 3.63) is 17.8 Å². The van der Waals surface area contributed by atoms with Crippen LogP contribution in [0.3, 0.4) is 0 Å². The minimum absolute atomic E-state index is 0.137. The van der Waals surface area contributed by atoms with Crippen LogP contribution in [0.2, 0.25) is 0 Å². The molecule has 1 rings (SSSR count). The highest BCUT2D eigenvalue weighted by atomic mass is 16.5. The summed E-state index contributed by atoms with van der Waals surface area (Å²) in [5.41, 5.74) is 0.238. The van der Waals surface area contributed by atoms with E-state index in [0.29, 0.717) is 5.89 Å². The van der Waals surface area contributed by atoms with Gasteiger partial charge in [0, 0.05) is 5.92 Å². The van der Waals surface area contributed by atoms with Crippen LogP contribution in [0.15, 0.2) is 10.7 Å². The van der Waals surface area contributed by atoms with Crippen molar-refractivity contribution in [2.45, 2.75) is 39.7 Å². The molecule has 0 saturated carbocycles. The zero-order valence-corrected chi connectivity index (χ0v) is 8.90. The van der Waals surface area contributed by atoms with E-state index in [9.17, 15) is 4.79 Å². The van der Waals surface area contributed by atoms with E-state index in [1.165, 1.54) is 6.26 Å². The van der Waals surface area contributed by atoms with Gasteiger partial charge in [-0.2, -0.15) is 0 Å². The number of carbonyl (C=O) groups excluding carboxylic acids is 1. The summed E-state index contributed by atoms with van der Waals surface area (Å²) in [4.78, 5) is 15.4. The molecule has 0 fully saturated rings. The molecule has 1 aromatic heterocycles. The summed E-state index contributed by atoms with van der Waals surface area (Å²) in [5.74, 6) is 0.298. The summed E-state index contributed by atoms with van der Waals surface area (Å²) in [5, 5.41) is 0. The van der Waals surface area contributed by atoms with Crippen LogP contribution in [0.1, 0.15) is 50.0 Å². The van der Waals surface area contributed by atoms with Gasteiger partial charge in [-0.05, 0) is 13.8 Å². The Balaban J connectivity index is 2.71. The van der Waals surface area contributed by atoms with E-state index in [0.717, 1.165) is 0 Å². The molecule has 0 aromatic carbocycles. The first-order chi connectivity index (χ1) is 6.50. The molecule has 1 heterocycles. The molecule has 0 bridgehead atoms.